The summed E-state index contributed by atoms with van der Waals surface area (Å²) in [6.45, 7) is 6.52. The van der Waals surface area contributed by atoms with Gasteiger partial charge in [-0.2, -0.15) is 0 Å². The first-order valence-electron chi connectivity index (χ1n) is 12.6. The third-order valence-electron chi connectivity index (χ3n) is 6.19. The van der Waals surface area contributed by atoms with Gasteiger partial charge in [0.2, 0.25) is 0 Å². The van der Waals surface area contributed by atoms with E-state index in [0.29, 0.717) is 73.6 Å². The number of aliphatic hydroxyl groups excluding tert-OH is 1. The molecule has 1 atom stereocenters. The average molecular weight is 511 g/mol. The molecule has 2 aliphatic heterocycles. The highest BCUT2D eigenvalue weighted by atomic mass is 16.6. The molecule has 9 nitrogen and oxygen atoms in total. The molecule has 0 spiro atoms. The summed E-state index contributed by atoms with van der Waals surface area (Å²) in [5.41, 5.74) is 1.03. The molecule has 1 fully saturated rings. The quantitative estimate of drug-likeness (QED) is 0.294. The van der Waals surface area contributed by atoms with E-state index in [1.54, 1.807) is 30.3 Å². The maximum absolute atomic E-state index is 13.3. The molecule has 1 N–H and O–H groups in total. The molecule has 0 radical (unpaired) electrons. The molecule has 0 bridgehead atoms. The van der Waals surface area contributed by atoms with Gasteiger partial charge in [-0.3, -0.25) is 9.59 Å². The van der Waals surface area contributed by atoms with Gasteiger partial charge in [-0.1, -0.05) is 13.0 Å². The third kappa shape index (κ3) is 5.51. The number of likely N-dealkylation sites (N-methyl/N-ethyl adjacent to an activating group) is 1. The number of amides is 1. The summed E-state index contributed by atoms with van der Waals surface area (Å²) in [6.07, 6.45) is 0.841. The first-order valence-corrected chi connectivity index (χ1v) is 12.6. The van der Waals surface area contributed by atoms with Gasteiger partial charge in [0.25, 0.3) is 11.7 Å². The summed E-state index contributed by atoms with van der Waals surface area (Å²) < 4.78 is 22.9. The van der Waals surface area contributed by atoms with Crippen LogP contribution in [-0.4, -0.2) is 80.2 Å². The van der Waals surface area contributed by atoms with Gasteiger partial charge in [-0.25, -0.2) is 0 Å². The molecule has 2 heterocycles. The van der Waals surface area contributed by atoms with Crippen molar-refractivity contribution in [3.8, 4) is 23.0 Å². The third-order valence-corrected chi connectivity index (χ3v) is 6.19. The second-order valence-corrected chi connectivity index (χ2v) is 9.14. The summed E-state index contributed by atoms with van der Waals surface area (Å²) in [7, 11) is 3.79. The molecule has 2 aromatic rings. The van der Waals surface area contributed by atoms with E-state index in [1.807, 2.05) is 38.9 Å². The lowest BCUT2D eigenvalue weighted by atomic mass is 9.94. The number of benzene rings is 2. The minimum absolute atomic E-state index is 0.0186. The Morgan fingerprint density at radius 2 is 1.78 bits per heavy atom. The zero-order valence-electron chi connectivity index (χ0n) is 21.8. The van der Waals surface area contributed by atoms with E-state index in [-0.39, 0.29) is 11.3 Å². The lowest BCUT2D eigenvalue weighted by molar-refractivity contribution is -0.140. The maximum atomic E-state index is 13.3. The maximum Gasteiger partial charge on any atom is 0.295 e. The molecule has 37 heavy (non-hydrogen) atoms. The van der Waals surface area contributed by atoms with E-state index in [4.69, 9.17) is 18.9 Å². The van der Waals surface area contributed by atoms with Crippen LogP contribution in [-0.2, 0) is 9.59 Å². The van der Waals surface area contributed by atoms with E-state index in [1.165, 1.54) is 4.90 Å². The molecule has 0 aromatic heterocycles. The van der Waals surface area contributed by atoms with Crippen molar-refractivity contribution < 1.29 is 33.6 Å². The number of aliphatic hydroxyl groups is 1. The number of carbonyl (C=O) groups excluding carboxylic acids is 2. The second-order valence-electron chi connectivity index (χ2n) is 9.14. The Morgan fingerprint density at radius 3 is 2.49 bits per heavy atom. The molecular weight excluding hydrogens is 476 g/mol. The summed E-state index contributed by atoms with van der Waals surface area (Å²) in [5, 5.41) is 11.4. The van der Waals surface area contributed by atoms with Gasteiger partial charge in [0.05, 0.1) is 24.8 Å². The van der Waals surface area contributed by atoms with Gasteiger partial charge in [0.1, 0.15) is 19.0 Å². The number of ether oxygens (including phenoxy) is 4. The Hall–Kier alpha value is -3.72. The summed E-state index contributed by atoms with van der Waals surface area (Å²) in [4.78, 5) is 30.0. The topological polar surface area (TPSA) is 97.8 Å². The predicted molar refractivity (Wildman–Crippen MR) is 138 cm³/mol. The van der Waals surface area contributed by atoms with Gasteiger partial charge < -0.3 is 33.9 Å². The molecule has 2 aromatic carbocycles. The van der Waals surface area contributed by atoms with Crippen molar-refractivity contribution >= 4 is 17.4 Å². The monoisotopic (exact) mass is 510 g/mol. The fourth-order valence-corrected chi connectivity index (χ4v) is 4.41. The summed E-state index contributed by atoms with van der Waals surface area (Å²) in [6, 6.07) is 9.55. The largest absolute Gasteiger partial charge is 0.507 e. The molecule has 0 saturated carbocycles. The molecule has 9 heteroatoms. The fourth-order valence-electron chi connectivity index (χ4n) is 4.41. The van der Waals surface area contributed by atoms with Gasteiger partial charge in [-0.15, -0.1) is 0 Å². The Bertz CT molecular complexity index is 1190. The SMILES string of the molecule is CCCOc1ccc([C@@H]2C(=C(O)c3ccc4c(c3)OCCO4)C(=O)C(=O)N2CCN(C)C)cc1OCC. The molecule has 1 saturated heterocycles. The number of nitrogens with zero attached hydrogens (tertiary/aromatic N) is 2. The lowest BCUT2D eigenvalue weighted by Crippen LogP contribution is -2.35. The van der Waals surface area contributed by atoms with Crippen molar-refractivity contribution in [3.05, 3.63) is 53.1 Å². The highest BCUT2D eigenvalue weighted by molar-refractivity contribution is 6.46. The zero-order chi connectivity index (χ0) is 26.5. The molecule has 0 unspecified atom stereocenters. The van der Waals surface area contributed by atoms with Crippen molar-refractivity contribution in [1.82, 2.24) is 9.80 Å². The summed E-state index contributed by atoms with van der Waals surface area (Å²) in [5.74, 6) is 0.489. The van der Waals surface area contributed by atoms with Gasteiger partial charge in [0.15, 0.2) is 23.0 Å². The van der Waals surface area contributed by atoms with Crippen molar-refractivity contribution in [2.24, 2.45) is 0 Å². The molecule has 0 aliphatic carbocycles. The van der Waals surface area contributed by atoms with Gasteiger partial charge >= 0.3 is 0 Å². The minimum atomic E-state index is -0.799. The first-order chi connectivity index (χ1) is 17.8. The van der Waals surface area contributed by atoms with E-state index in [2.05, 4.69) is 0 Å². The Morgan fingerprint density at radius 1 is 1.03 bits per heavy atom. The Balaban J connectivity index is 1.82. The smallest absolute Gasteiger partial charge is 0.295 e. The van der Waals surface area contributed by atoms with E-state index in [9.17, 15) is 14.7 Å². The standard InChI is InChI=1S/C28H34N2O7/c1-5-13-35-20-9-7-18(16-22(20)34-6-2)25-24(27(32)28(33)30(25)12-11-29(3)4)26(31)19-8-10-21-23(17-19)37-15-14-36-21/h7-10,16-17,25,31H,5-6,11-15H2,1-4H3/t25-/m1/s1. The number of likely N-dealkylation sites (tertiary alicyclic amines) is 1. The van der Waals surface area contributed by atoms with Crippen LogP contribution in [0, 0.1) is 0 Å². The van der Waals surface area contributed by atoms with E-state index < -0.39 is 17.7 Å². The fraction of sp³-hybridized carbons (Fsp3) is 0.429. The van der Waals surface area contributed by atoms with Gasteiger partial charge in [-0.05, 0) is 63.3 Å². The number of Topliss-reactive ketones (excluding diaryl/α,β-unsaturated/α-hetero) is 1. The number of carbonyl (C=O) groups is 2. The van der Waals surface area contributed by atoms with Crippen LogP contribution >= 0.6 is 0 Å². The Labute approximate surface area is 217 Å². The lowest BCUT2D eigenvalue weighted by Gasteiger charge is -2.27. The van der Waals surface area contributed by atoms with Crippen LogP contribution in [0.2, 0.25) is 0 Å². The molecule has 2 aliphatic rings. The normalized spacial score (nSPS) is 18.4. The molecule has 4 rings (SSSR count). The van der Waals surface area contributed by atoms with Crippen molar-refractivity contribution in [2.45, 2.75) is 26.3 Å². The average Bonchev–Trinajstić information content (AvgIpc) is 3.15. The van der Waals surface area contributed by atoms with Crippen molar-refractivity contribution in [3.63, 3.8) is 0 Å². The van der Waals surface area contributed by atoms with Gasteiger partial charge in [0, 0.05) is 18.7 Å². The highest BCUT2D eigenvalue weighted by Crippen LogP contribution is 2.43. The molecule has 1 amide bonds. The minimum Gasteiger partial charge on any atom is -0.507 e. The van der Waals surface area contributed by atoms with Crippen LogP contribution in [0.1, 0.15) is 37.4 Å². The van der Waals surface area contributed by atoms with Crippen LogP contribution in [0.4, 0.5) is 0 Å². The van der Waals surface area contributed by atoms with Crippen LogP contribution in [0.5, 0.6) is 23.0 Å². The number of ketones is 1. The Kier molecular flexibility index (Phi) is 8.23. The number of fused-ring (bicyclic) bond motifs is 1. The van der Waals surface area contributed by atoms with Crippen LogP contribution in [0.3, 0.4) is 0 Å². The number of hydrogen-bond acceptors (Lipinski definition) is 8. The highest BCUT2D eigenvalue weighted by Gasteiger charge is 2.46. The van der Waals surface area contributed by atoms with Crippen LogP contribution < -0.4 is 18.9 Å². The molecular formula is C28H34N2O7. The van der Waals surface area contributed by atoms with Crippen LogP contribution in [0.25, 0.3) is 5.76 Å². The van der Waals surface area contributed by atoms with Crippen LogP contribution in [0.15, 0.2) is 42.0 Å². The molecule has 198 valence electrons. The first kappa shape index (κ1) is 26.3. The zero-order valence-corrected chi connectivity index (χ0v) is 21.8. The van der Waals surface area contributed by atoms with E-state index >= 15 is 0 Å². The number of rotatable bonds is 10. The number of hydrogen-bond donors (Lipinski definition) is 1. The summed E-state index contributed by atoms with van der Waals surface area (Å²) >= 11 is 0. The predicted octanol–water partition coefficient (Wildman–Crippen LogP) is 3.63. The second kappa shape index (κ2) is 11.6. The van der Waals surface area contributed by atoms with Crippen molar-refractivity contribution in [2.75, 3.05) is 53.6 Å². The van der Waals surface area contributed by atoms with Crippen molar-refractivity contribution in [1.29, 1.82) is 0 Å². The van der Waals surface area contributed by atoms with E-state index in [0.717, 1.165) is 6.42 Å².